The molecule has 0 saturated heterocycles. The van der Waals surface area contributed by atoms with Gasteiger partial charge < -0.3 is 15.6 Å². The van der Waals surface area contributed by atoms with E-state index in [4.69, 9.17) is 15.6 Å². The monoisotopic (exact) mass is 265 g/mol. The molecule has 106 valence electrons. The molecule has 0 fully saturated rings. The highest BCUT2D eigenvalue weighted by Crippen LogP contribution is 2.12. The zero-order valence-electron chi connectivity index (χ0n) is 11.6. The van der Waals surface area contributed by atoms with Crippen LogP contribution in [0.3, 0.4) is 0 Å². The lowest BCUT2D eigenvalue weighted by molar-refractivity contribution is -0.144. The second-order valence-electron chi connectivity index (χ2n) is 5.20. The van der Waals surface area contributed by atoms with E-state index in [-0.39, 0.29) is 6.10 Å². The molecule has 1 aromatic carbocycles. The van der Waals surface area contributed by atoms with E-state index in [1.807, 2.05) is 25.1 Å². The van der Waals surface area contributed by atoms with E-state index < -0.39 is 11.5 Å². The van der Waals surface area contributed by atoms with Crippen molar-refractivity contribution >= 4 is 5.97 Å². The zero-order chi connectivity index (χ0) is 14.3. The Balaban J connectivity index is 2.21. The van der Waals surface area contributed by atoms with Crippen molar-refractivity contribution in [2.75, 3.05) is 6.61 Å². The van der Waals surface area contributed by atoms with Gasteiger partial charge in [0.05, 0.1) is 6.10 Å². The molecule has 2 atom stereocenters. The molecule has 0 heterocycles. The summed E-state index contributed by atoms with van der Waals surface area (Å²) >= 11 is 0. The zero-order valence-corrected chi connectivity index (χ0v) is 11.6. The number of carboxylic acids is 1. The summed E-state index contributed by atoms with van der Waals surface area (Å²) in [4.78, 5) is 10.9. The van der Waals surface area contributed by atoms with Gasteiger partial charge in [0.1, 0.15) is 5.54 Å². The lowest BCUT2D eigenvalue weighted by Crippen LogP contribution is -2.47. The third-order valence-corrected chi connectivity index (χ3v) is 3.06. The van der Waals surface area contributed by atoms with Crippen molar-refractivity contribution in [3.63, 3.8) is 0 Å². The number of aliphatic carboxylic acids is 1. The fourth-order valence-corrected chi connectivity index (χ4v) is 1.95. The van der Waals surface area contributed by atoms with Crippen LogP contribution in [0.5, 0.6) is 0 Å². The van der Waals surface area contributed by atoms with Crippen LogP contribution >= 0.6 is 0 Å². The van der Waals surface area contributed by atoms with E-state index >= 15 is 0 Å². The van der Waals surface area contributed by atoms with Crippen LogP contribution in [-0.2, 0) is 16.0 Å². The number of rotatable bonds is 8. The summed E-state index contributed by atoms with van der Waals surface area (Å²) in [6, 6.07) is 10.2. The minimum absolute atomic E-state index is 0.151. The SMILES string of the molecule is CC(CC(C)(N)C(=O)O)OCCCc1ccccc1. The number of aryl methyl sites for hydroxylation is 1. The molecule has 0 radical (unpaired) electrons. The second-order valence-corrected chi connectivity index (χ2v) is 5.20. The number of benzene rings is 1. The molecule has 4 nitrogen and oxygen atoms in total. The Bertz CT molecular complexity index is 390. The summed E-state index contributed by atoms with van der Waals surface area (Å²) in [5.74, 6) is -0.993. The minimum Gasteiger partial charge on any atom is -0.480 e. The average Bonchev–Trinajstić information content (AvgIpc) is 2.35. The predicted octanol–water partition coefficient (Wildman–Crippen LogP) is 2.22. The summed E-state index contributed by atoms with van der Waals surface area (Å²) in [5.41, 5.74) is 5.74. The molecule has 0 aliphatic rings. The molecule has 2 unspecified atom stereocenters. The Hall–Kier alpha value is -1.39. The van der Waals surface area contributed by atoms with Crippen LogP contribution < -0.4 is 5.73 Å². The maximum absolute atomic E-state index is 10.9. The minimum atomic E-state index is -1.22. The van der Waals surface area contributed by atoms with Crippen molar-refractivity contribution in [2.45, 2.75) is 44.8 Å². The van der Waals surface area contributed by atoms with Crippen LogP contribution in [0.2, 0.25) is 0 Å². The highest BCUT2D eigenvalue weighted by atomic mass is 16.5. The maximum Gasteiger partial charge on any atom is 0.323 e. The summed E-state index contributed by atoms with van der Waals surface area (Å²) in [6.07, 6.45) is 2.05. The van der Waals surface area contributed by atoms with Crippen molar-refractivity contribution in [1.82, 2.24) is 0 Å². The lowest BCUT2D eigenvalue weighted by atomic mass is 9.96. The average molecular weight is 265 g/mol. The van der Waals surface area contributed by atoms with E-state index in [1.54, 1.807) is 0 Å². The fourth-order valence-electron chi connectivity index (χ4n) is 1.95. The first-order chi connectivity index (χ1) is 8.92. The van der Waals surface area contributed by atoms with Crippen molar-refractivity contribution in [2.24, 2.45) is 5.73 Å². The first-order valence-corrected chi connectivity index (χ1v) is 6.59. The molecule has 1 aromatic rings. The van der Waals surface area contributed by atoms with Gasteiger partial charge in [-0.1, -0.05) is 30.3 Å². The molecule has 0 amide bonds. The predicted molar refractivity (Wildman–Crippen MR) is 75.0 cm³/mol. The fraction of sp³-hybridized carbons (Fsp3) is 0.533. The van der Waals surface area contributed by atoms with E-state index in [2.05, 4.69) is 12.1 Å². The molecule has 0 spiro atoms. The molecular formula is C15H23NO3. The van der Waals surface area contributed by atoms with Gasteiger partial charge in [0.15, 0.2) is 0 Å². The van der Waals surface area contributed by atoms with Crippen LogP contribution in [0.25, 0.3) is 0 Å². The normalized spacial score (nSPS) is 15.7. The molecule has 1 rings (SSSR count). The van der Waals surface area contributed by atoms with Gasteiger partial charge in [0.2, 0.25) is 0 Å². The Kier molecular flexibility index (Phi) is 5.99. The third kappa shape index (κ3) is 5.85. The molecule has 0 bridgehead atoms. The quantitative estimate of drug-likeness (QED) is 0.707. The van der Waals surface area contributed by atoms with Gasteiger partial charge in [0.25, 0.3) is 0 Å². The van der Waals surface area contributed by atoms with E-state index in [0.29, 0.717) is 13.0 Å². The highest BCUT2D eigenvalue weighted by molar-refractivity contribution is 5.77. The maximum atomic E-state index is 10.9. The Labute approximate surface area is 114 Å². The number of nitrogens with two attached hydrogens (primary N) is 1. The van der Waals surface area contributed by atoms with Crippen molar-refractivity contribution < 1.29 is 14.6 Å². The standard InChI is InChI=1S/C15H23NO3/c1-12(11-15(2,16)14(17)18)19-10-6-9-13-7-4-3-5-8-13/h3-5,7-8,12H,6,9-11,16H2,1-2H3,(H,17,18). The molecule has 0 aliphatic carbocycles. The summed E-state index contributed by atoms with van der Waals surface area (Å²) in [6.45, 7) is 3.99. The molecule has 0 saturated carbocycles. The first-order valence-electron chi connectivity index (χ1n) is 6.59. The van der Waals surface area contributed by atoms with Gasteiger partial charge in [-0.05, 0) is 32.3 Å². The third-order valence-electron chi connectivity index (χ3n) is 3.06. The first kappa shape index (κ1) is 15.7. The number of carboxylic acid groups (broad SMARTS) is 1. The summed E-state index contributed by atoms with van der Waals surface area (Å²) < 4.78 is 5.61. The summed E-state index contributed by atoms with van der Waals surface area (Å²) in [7, 11) is 0. The van der Waals surface area contributed by atoms with Crippen LogP contribution in [0, 0.1) is 0 Å². The van der Waals surface area contributed by atoms with E-state index in [1.165, 1.54) is 12.5 Å². The number of ether oxygens (including phenoxy) is 1. The van der Waals surface area contributed by atoms with Gasteiger partial charge in [-0.15, -0.1) is 0 Å². The van der Waals surface area contributed by atoms with E-state index in [0.717, 1.165) is 12.8 Å². The van der Waals surface area contributed by atoms with Crippen LogP contribution in [0.4, 0.5) is 0 Å². The van der Waals surface area contributed by atoms with Gasteiger partial charge in [-0.2, -0.15) is 0 Å². The summed E-state index contributed by atoms with van der Waals surface area (Å²) in [5, 5.41) is 8.93. The van der Waals surface area contributed by atoms with Gasteiger partial charge in [-0.25, -0.2) is 0 Å². The smallest absolute Gasteiger partial charge is 0.323 e. The van der Waals surface area contributed by atoms with Crippen LogP contribution in [-0.4, -0.2) is 29.3 Å². The van der Waals surface area contributed by atoms with Gasteiger partial charge in [-0.3, -0.25) is 4.79 Å². The highest BCUT2D eigenvalue weighted by Gasteiger charge is 2.30. The van der Waals surface area contributed by atoms with Crippen molar-refractivity contribution in [3.8, 4) is 0 Å². The number of carbonyl (C=O) groups is 1. The molecule has 0 aromatic heterocycles. The van der Waals surface area contributed by atoms with Gasteiger partial charge in [0, 0.05) is 13.0 Å². The van der Waals surface area contributed by atoms with Crippen LogP contribution in [0.15, 0.2) is 30.3 Å². The molecule has 4 heteroatoms. The van der Waals surface area contributed by atoms with Crippen molar-refractivity contribution in [1.29, 1.82) is 0 Å². The lowest BCUT2D eigenvalue weighted by Gasteiger charge is -2.23. The molecule has 19 heavy (non-hydrogen) atoms. The van der Waals surface area contributed by atoms with Crippen LogP contribution in [0.1, 0.15) is 32.3 Å². The van der Waals surface area contributed by atoms with Gasteiger partial charge >= 0.3 is 5.97 Å². The van der Waals surface area contributed by atoms with E-state index in [9.17, 15) is 4.79 Å². The second kappa shape index (κ2) is 7.26. The molecule has 3 N–H and O–H groups in total. The topological polar surface area (TPSA) is 72.6 Å². The Morgan fingerprint density at radius 2 is 2.05 bits per heavy atom. The Morgan fingerprint density at radius 1 is 1.42 bits per heavy atom. The Morgan fingerprint density at radius 3 is 2.63 bits per heavy atom. The van der Waals surface area contributed by atoms with Crippen molar-refractivity contribution in [3.05, 3.63) is 35.9 Å². The molecular weight excluding hydrogens is 242 g/mol. The molecule has 0 aliphatic heterocycles. The largest absolute Gasteiger partial charge is 0.480 e. The number of hydrogen-bond donors (Lipinski definition) is 2. The number of hydrogen-bond acceptors (Lipinski definition) is 3.